The molecule has 3 aromatic rings. The topological polar surface area (TPSA) is 83.5 Å². The molecule has 0 atom stereocenters. The van der Waals surface area contributed by atoms with Gasteiger partial charge in [0, 0.05) is 35.1 Å². The lowest BCUT2D eigenvalue weighted by atomic mass is 9.90. The third kappa shape index (κ3) is 4.36. The molecule has 0 bridgehead atoms. The standard InChI is InChI=1S/C23H33N7/c1-15(2)20-14-25-30-22(27-18-7-5-6-16(24)12-18)13-21(28-23(20)30)26-17-8-10-19(11-9-17)29(3)4/h5-7,12-15,17,19,27H,8-11,24H2,1-4H3,(H,26,28)/t17-,19+. The largest absolute Gasteiger partial charge is 0.399 e. The Labute approximate surface area is 178 Å². The lowest BCUT2D eigenvalue weighted by Gasteiger charge is -2.33. The highest BCUT2D eigenvalue weighted by molar-refractivity contribution is 5.67. The SMILES string of the molecule is CC(C)c1cnn2c(Nc3cccc(N)c3)cc(N[C@H]3CC[C@@H](N(C)C)CC3)nc12. The molecule has 1 fully saturated rings. The lowest BCUT2D eigenvalue weighted by molar-refractivity contribution is 0.221. The summed E-state index contributed by atoms with van der Waals surface area (Å²) in [5.74, 6) is 2.12. The van der Waals surface area contributed by atoms with Gasteiger partial charge in [0.1, 0.15) is 11.6 Å². The van der Waals surface area contributed by atoms with Crippen LogP contribution in [0.15, 0.2) is 36.5 Å². The van der Waals surface area contributed by atoms with E-state index >= 15 is 0 Å². The molecule has 0 radical (unpaired) electrons. The van der Waals surface area contributed by atoms with Crippen LogP contribution in [0.4, 0.5) is 23.0 Å². The second-order valence-electron chi connectivity index (χ2n) is 8.88. The van der Waals surface area contributed by atoms with Crippen LogP contribution in [-0.4, -0.2) is 45.7 Å². The van der Waals surface area contributed by atoms with E-state index in [2.05, 4.69) is 48.6 Å². The van der Waals surface area contributed by atoms with Crippen molar-refractivity contribution in [3.05, 3.63) is 42.1 Å². The summed E-state index contributed by atoms with van der Waals surface area (Å²) in [5, 5.41) is 11.8. The summed E-state index contributed by atoms with van der Waals surface area (Å²) in [4.78, 5) is 7.28. The number of hydrogen-bond donors (Lipinski definition) is 3. The third-order valence-corrected chi connectivity index (χ3v) is 6.06. The Bertz CT molecular complexity index is 1000. The number of nitrogen functional groups attached to an aromatic ring is 1. The van der Waals surface area contributed by atoms with E-state index in [4.69, 9.17) is 10.7 Å². The van der Waals surface area contributed by atoms with E-state index in [9.17, 15) is 0 Å². The van der Waals surface area contributed by atoms with E-state index in [0.29, 0.717) is 18.0 Å². The van der Waals surface area contributed by atoms with E-state index in [0.717, 1.165) is 47.1 Å². The molecule has 0 unspecified atom stereocenters. The number of hydrogen-bond acceptors (Lipinski definition) is 6. The van der Waals surface area contributed by atoms with Crippen LogP contribution in [0, 0.1) is 0 Å². The van der Waals surface area contributed by atoms with Gasteiger partial charge in [0.2, 0.25) is 0 Å². The first-order valence-electron chi connectivity index (χ1n) is 10.8. The lowest BCUT2D eigenvalue weighted by Crippen LogP contribution is -2.36. The third-order valence-electron chi connectivity index (χ3n) is 6.06. The normalized spacial score (nSPS) is 19.5. The number of fused-ring (bicyclic) bond motifs is 1. The van der Waals surface area contributed by atoms with Crippen LogP contribution in [0.5, 0.6) is 0 Å². The summed E-state index contributed by atoms with van der Waals surface area (Å²) >= 11 is 0. The maximum atomic E-state index is 5.96. The maximum Gasteiger partial charge on any atom is 0.163 e. The average molecular weight is 408 g/mol. The van der Waals surface area contributed by atoms with Gasteiger partial charge in [0.25, 0.3) is 0 Å². The Morgan fingerprint density at radius 3 is 2.57 bits per heavy atom. The van der Waals surface area contributed by atoms with Gasteiger partial charge >= 0.3 is 0 Å². The summed E-state index contributed by atoms with van der Waals surface area (Å²) in [6, 6.07) is 10.9. The van der Waals surface area contributed by atoms with Crippen LogP contribution in [-0.2, 0) is 0 Å². The molecule has 30 heavy (non-hydrogen) atoms. The molecule has 2 aromatic heterocycles. The van der Waals surface area contributed by atoms with Gasteiger partial charge in [-0.3, -0.25) is 0 Å². The van der Waals surface area contributed by atoms with Crippen molar-refractivity contribution >= 4 is 28.7 Å². The molecule has 1 aromatic carbocycles. The minimum atomic E-state index is 0.348. The first kappa shape index (κ1) is 20.5. The number of nitrogens with two attached hydrogens (primary N) is 1. The summed E-state index contributed by atoms with van der Waals surface area (Å²) in [6.07, 6.45) is 6.66. The molecule has 0 saturated heterocycles. The van der Waals surface area contributed by atoms with Crippen LogP contribution in [0.3, 0.4) is 0 Å². The predicted octanol–water partition coefficient (Wildman–Crippen LogP) is 4.46. The first-order valence-corrected chi connectivity index (χ1v) is 10.8. The Hall–Kier alpha value is -2.80. The summed E-state index contributed by atoms with van der Waals surface area (Å²) in [7, 11) is 4.35. The van der Waals surface area contributed by atoms with Crippen LogP contribution in [0.1, 0.15) is 51.0 Å². The van der Waals surface area contributed by atoms with Crippen LogP contribution < -0.4 is 16.4 Å². The Morgan fingerprint density at radius 1 is 1.13 bits per heavy atom. The van der Waals surface area contributed by atoms with Gasteiger partial charge < -0.3 is 21.3 Å². The highest BCUT2D eigenvalue weighted by atomic mass is 15.3. The monoisotopic (exact) mass is 407 g/mol. The average Bonchev–Trinajstić information content (AvgIpc) is 3.13. The van der Waals surface area contributed by atoms with Gasteiger partial charge in [-0.15, -0.1) is 0 Å². The quantitative estimate of drug-likeness (QED) is 0.523. The number of benzene rings is 1. The zero-order chi connectivity index (χ0) is 21.3. The number of nitrogens with zero attached hydrogens (tertiary/aromatic N) is 4. The predicted molar refractivity (Wildman–Crippen MR) is 125 cm³/mol. The van der Waals surface area contributed by atoms with Crippen molar-refractivity contribution < 1.29 is 0 Å². The van der Waals surface area contributed by atoms with Crippen LogP contribution >= 0.6 is 0 Å². The molecule has 2 heterocycles. The fourth-order valence-corrected chi connectivity index (χ4v) is 4.26. The highest BCUT2D eigenvalue weighted by Crippen LogP contribution is 2.29. The number of anilines is 4. The second kappa shape index (κ2) is 8.52. The van der Waals surface area contributed by atoms with Crippen molar-refractivity contribution in [3.8, 4) is 0 Å². The maximum absolute atomic E-state index is 5.96. The minimum absolute atomic E-state index is 0.348. The number of aromatic nitrogens is 3. The van der Waals surface area contributed by atoms with E-state index in [1.807, 2.05) is 41.0 Å². The van der Waals surface area contributed by atoms with Crippen LogP contribution in [0.25, 0.3) is 5.65 Å². The molecule has 4 rings (SSSR count). The molecule has 0 spiro atoms. The molecule has 7 nitrogen and oxygen atoms in total. The number of nitrogens with one attached hydrogen (secondary N) is 2. The highest BCUT2D eigenvalue weighted by Gasteiger charge is 2.23. The summed E-state index contributed by atoms with van der Waals surface area (Å²) < 4.78 is 1.88. The molecule has 0 aliphatic heterocycles. The minimum Gasteiger partial charge on any atom is -0.399 e. The molecule has 1 aliphatic rings. The molecule has 0 amide bonds. The molecule has 160 valence electrons. The van der Waals surface area contributed by atoms with Gasteiger partial charge in [0.05, 0.1) is 6.20 Å². The van der Waals surface area contributed by atoms with E-state index in [1.165, 1.54) is 12.8 Å². The molecular formula is C23H33N7. The number of rotatable bonds is 6. The Morgan fingerprint density at radius 2 is 1.90 bits per heavy atom. The fraction of sp³-hybridized carbons (Fsp3) is 0.478. The van der Waals surface area contributed by atoms with Crippen molar-refractivity contribution in [2.75, 3.05) is 30.5 Å². The van der Waals surface area contributed by atoms with Gasteiger partial charge in [0.15, 0.2) is 5.65 Å². The Balaban J connectivity index is 1.63. The molecule has 4 N–H and O–H groups in total. The Kier molecular flexibility index (Phi) is 5.81. The molecule has 7 heteroatoms. The van der Waals surface area contributed by atoms with Gasteiger partial charge in [-0.1, -0.05) is 19.9 Å². The van der Waals surface area contributed by atoms with Crippen molar-refractivity contribution in [2.24, 2.45) is 0 Å². The van der Waals surface area contributed by atoms with E-state index < -0.39 is 0 Å². The molecule has 1 aliphatic carbocycles. The molecular weight excluding hydrogens is 374 g/mol. The van der Waals surface area contributed by atoms with E-state index in [-0.39, 0.29) is 0 Å². The van der Waals surface area contributed by atoms with Crippen molar-refractivity contribution in [2.45, 2.75) is 57.5 Å². The van der Waals surface area contributed by atoms with Gasteiger partial charge in [-0.05, 0) is 63.9 Å². The van der Waals surface area contributed by atoms with Crippen molar-refractivity contribution in [3.63, 3.8) is 0 Å². The zero-order valence-electron chi connectivity index (χ0n) is 18.4. The van der Waals surface area contributed by atoms with Crippen molar-refractivity contribution in [1.29, 1.82) is 0 Å². The summed E-state index contributed by atoms with van der Waals surface area (Å²) in [6.45, 7) is 4.35. The molecule has 1 saturated carbocycles. The second-order valence-corrected chi connectivity index (χ2v) is 8.88. The first-order chi connectivity index (χ1) is 14.4. The summed E-state index contributed by atoms with van der Waals surface area (Å²) in [5.41, 5.74) is 9.66. The zero-order valence-corrected chi connectivity index (χ0v) is 18.4. The smallest absolute Gasteiger partial charge is 0.163 e. The van der Waals surface area contributed by atoms with Crippen LogP contribution in [0.2, 0.25) is 0 Å². The van der Waals surface area contributed by atoms with E-state index in [1.54, 1.807) is 0 Å². The van der Waals surface area contributed by atoms with Gasteiger partial charge in [-0.2, -0.15) is 9.61 Å². The van der Waals surface area contributed by atoms with Gasteiger partial charge in [-0.25, -0.2) is 4.98 Å². The fourth-order valence-electron chi connectivity index (χ4n) is 4.26. The van der Waals surface area contributed by atoms with Crippen molar-refractivity contribution in [1.82, 2.24) is 19.5 Å².